The molecule has 2 aromatic rings. The first-order chi connectivity index (χ1) is 9.20. The van der Waals surface area contributed by atoms with Crippen LogP contribution in [0.2, 0.25) is 0 Å². The molecule has 1 aromatic heterocycles. The van der Waals surface area contributed by atoms with Crippen molar-refractivity contribution in [3.8, 4) is 11.5 Å². The van der Waals surface area contributed by atoms with Crippen molar-refractivity contribution in [3.05, 3.63) is 34.1 Å². The predicted molar refractivity (Wildman–Crippen MR) is 79.0 cm³/mol. The Morgan fingerprint density at radius 1 is 1.26 bits per heavy atom. The molecule has 0 saturated carbocycles. The number of aryl methyl sites for hydroxylation is 1. The van der Waals surface area contributed by atoms with Gasteiger partial charge in [-0.1, -0.05) is 28.9 Å². The summed E-state index contributed by atoms with van der Waals surface area (Å²) < 4.78 is 6.71. The fraction of sp³-hybridized carbons (Fsp3) is 0.429. The Kier molecular flexibility index (Phi) is 5.10. The van der Waals surface area contributed by atoms with Crippen LogP contribution in [-0.4, -0.2) is 23.3 Å². The van der Waals surface area contributed by atoms with E-state index < -0.39 is 0 Å². The largest absolute Gasteiger partial charge is 0.421 e. The van der Waals surface area contributed by atoms with Gasteiger partial charge in [0.1, 0.15) is 0 Å². The van der Waals surface area contributed by atoms with Crippen LogP contribution < -0.4 is 5.32 Å². The van der Waals surface area contributed by atoms with Gasteiger partial charge in [-0.3, -0.25) is 0 Å². The SMILES string of the molecule is CCCNCCc1nnc(-c2ccc(C)c(Br)c2)o1. The third kappa shape index (κ3) is 3.88. The summed E-state index contributed by atoms with van der Waals surface area (Å²) in [5.74, 6) is 1.25. The lowest BCUT2D eigenvalue weighted by Crippen LogP contribution is -2.17. The van der Waals surface area contributed by atoms with Gasteiger partial charge in [-0.05, 0) is 37.6 Å². The zero-order valence-electron chi connectivity index (χ0n) is 11.2. The summed E-state index contributed by atoms with van der Waals surface area (Å²) in [5.41, 5.74) is 2.13. The summed E-state index contributed by atoms with van der Waals surface area (Å²) in [5, 5.41) is 11.5. The highest BCUT2D eigenvalue weighted by Gasteiger charge is 2.09. The number of rotatable bonds is 6. The van der Waals surface area contributed by atoms with E-state index in [2.05, 4.69) is 38.4 Å². The number of nitrogens with zero attached hydrogens (tertiary/aromatic N) is 2. The maximum absolute atomic E-state index is 5.66. The van der Waals surface area contributed by atoms with E-state index in [1.807, 2.05) is 25.1 Å². The van der Waals surface area contributed by atoms with Crippen LogP contribution in [0.4, 0.5) is 0 Å². The van der Waals surface area contributed by atoms with Gasteiger partial charge >= 0.3 is 0 Å². The van der Waals surface area contributed by atoms with Crippen LogP contribution in [0, 0.1) is 6.92 Å². The standard InChI is InChI=1S/C14H18BrN3O/c1-3-7-16-8-6-13-17-18-14(19-13)11-5-4-10(2)12(15)9-11/h4-5,9,16H,3,6-8H2,1-2H3. The minimum absolute atomic E-state index is 0.575. The Morgan fingerprint density at radius 2 is 2.11 bits per heavy atom. The molecule has 0 unspecified atom stereocenters. The molecule has 102 valence electrons. The van der Waals surface area contributed by atoms with Gasteiger partial charge in [-0.15, -0.1) is 10.2 Å². The van der Waals surface area contributed by atoms with Gasteiger partial charge in [-0.25, -0.2) is 0 Å². The molecule has 2 rings (SSSR count). The number of hydrogen-bond donors (Lipinski definition) is 1. The highest BCUT2D eigenvalue weighted by Crippen LogP contribution is 2.24. The molecule has 19 heavy (non-hydrogen) atoms. The molecule has 0 radical (unpaired) electrons. The molecular weight excluding hydrogens is 306 g/mol. The zero-order valence-corrected chi connectivity index (χ0v) is 12.8. The molecular formula is C14H18BrN3O. The molecule has 4 nitrogen and oxygen atoms in total. The average molecular weight is 324 g/mol. The second-order valence-electron chi connectivity index (χ2n) is 4.46. The molecule has 0 aliphatic carbocycles. The van der Waals surface area contributed by atoms with E-state index in [1.54, 1.807) is 0 Å². The van der Waals surface area contributed by atoms with Crippen molar-refractivity contribution in [2.75, 3.05) is 13.1 Å². The Morgan fingerprint density at radius 3 is 2.84 bits per heavy atom. The summed E-state index contributed by atoms with van der Waals surface area (Å²) in [6.07, 6.45) is 1.90. The Labute approximate surface area is 121 Å². The topological polar surface area (TPSA) is 51.0 Å². The first-order valence-corrected chi connectivity index (χ1v) is 7.29. The van der Waals surface area contributed by atoms with Crippen molar-refractivity contribution < 1.29 is 4.42 Å². The molecule has 0 spiro atoms. The average Bonchev–Trinajstić information content (AvgIpc) is 2.87. The van der Waals surface area contributed by atoms with Gasteiger partial charge < -0.3 is 9.73 Å². The minimum Gasteiger partial charge on any atom is -0.421 e. The lowest BCUT2D eigenvalue weighted by atomic mass is 10.1. The molecule has 0 amide bonds. The number of aromatic nitrogens is 2. The van der Waals surface area contributed by atoms with Crippen LogP contribution in [-0.2, 0) is 6.42 Å². The second kappa shape index (κ2) is 6.82. The van der Waals surface area contributed by atoms with Crippen molar-refractivity contribution in [1.29, 1.82) is 0 Å². The third-order valence-electron chi connectivity index (χ3n) is 2.83. The van der Waals surface area contributed by atoms with Crippen LogP contribution in [0.5, 0.6) is 0 Å². The molecule has 1 N–H and O–H groups in total. The molecule has 0 atom stereocenters. The smallest absolute Gasteiger partial charge is 0.247 e. The van der Waals surface area contributed by atoms with Crippen molar-refractivity contribution in [2.45, 2.75) is 26.7 Å². The van der Waals surface area contributed by atoms with Crippen LogP contribution in [0.1, 0.15) is 24.8 Å². The monoisotopic (exact) mass is 323 g/mol. The van der Waals surface area contributed by atoms with Gasteiger partial charge in [0.2, 0.25) is 11.8 Å². The summed E-state index contributed by atoms with van der Waals surface area (Å²) in [4.78, 5) is 0. The number of benzene rings is 1. The maximum Gasteiger partial charge on any atom is 0.247 e. The normalized spacial score (nSPS) is 10.9. The van der Waals surface area contributed by atoms with Crippen molar-refractivity contribution in [3.63, 3.8) is 0 Å². The third-order valence-corrected chi connectivity index (χ3v) is 3.68. The molecule has 0 aliphatic rings. The van der Waals surface area contributed by atoms with E-state index >= 15 is 0 Å². The summed E-state index contributed by atoms with van der Waals surface area (Å²) in [7, 11) is 0. The summed E-state index contributed by atoms with van der Waals surface area (Å²) in [6, 6.07) is 6.03. The van der Waals surface area contributed by atoms with Crippen molar-refractivity contribution in [1.82, 2.24) is 15.5 Å². The predicted octanol–water partition coefficient (Wildman–Crippen LogP) is 3.35. The van der Waals surface area contributed by atoms with Crippen molar-refractivity contribution in [2.24, 2.45) is 0 Å². The van der Waals surface area contributed by atoms with Gasteiger partial charge in [0.25, 0.3) is 0 Å². The Balaban J connectivity index is 2.01. The molecule has 0 saturated heterocycles. The van der Waals surface area contributed by atoms with E-state index in [0.717, 1.165) is 36.0 Å². The van der Waals surface area contributed by atoms with Crippen molar-refractivity contribution >= 4 is 15.9 Å². The Bertz CT molecular complexity index is 539. The lowest BCUT2D eigenvalue weighted by Gasteiger charge is -2.00. The Hall–Kier alpha value is -1.20. The molecule has 0 bridgehead atoms. The molecule has 0 aliphatic heterocycles. The fourth-order valence-electron chi connectivity index (χ4n) is 1.69. The van der Waals surface area contributed by atoms with Gasteiger partial charge in [0, 0.05) is 23.0 Å². The first-order valence-electron chi connectivity index (χ1n) is 6.50. The van der Waals surface area contributed by atoms with Gasteiger partial charge in [0.05, 0.1) is 0 Å². The highest BCUT2D eigenvalue weighted by molar-refractivity contribution is 9.10. The quantitative estimate of drug-likeness (QED) is 0.828. The van der Waals surface area contributed by atoms with Crippen LogP contribution in [0.15, 0.2) is 27.1 Å². The number of nitrogens with one attached hydrogen (secondary N) is 1. The first kappa shape index (κ1) is 14.2. The summed E-state index contributed by atoms with van der Waals surface area (Å²) >= 11 is 3.51. The lowest BCUT2D eigenvalue weighted by molar-refractivity contribution is 0.494. The van der Waals surface area contributed by atoms with Crippen LogP contribution in [0.3, 0.4) is 0 Å². The number of hydrogen-bond acceptors (Lipinski definition) is 4. The second-order valence-corrected chi connectivity index (χ2v) is 5.32. The van der Waals surface area contributed by atoms with Crippen LogP contribution in [0.25, 0.3) is 11.5 Å². The minimum atomic E-state index is 0.575. The van der Waals surface area contributed by atoms with E-state index in [9.17, 15) is 0 Å². The molecule has 0 fully saturated rings. The van der Waals surface area contributed by atoms with E-state index in [1.165, 1.54) is 5.56 Å². The summed E-state index contributed by atoms with van der Waals surface area (Å²) in [6.45, 7) is 6.08. The van der Waals surface area contributed by atoms with Gasteiger partial charge in [-0.2, -0.15) is 0 Å². The molecule has 1 aromatic carbocycles. The van der Waals surface area contributed by atoms with Crippen LogP contribution >= 0.6 is 15.9 Å². The van der Waals surface area contributed by atoms with E-state index in [-0.39, 0.29) is 0 Å². The molecule has 5 heteroatoms. The molecule has 1 heterocycles. The fourth-order valence-corrected chi connectivity index (χ4v) is 2.07. The van der Waals surface area contributed by atoms with E-state index in [0.29, 0.717) is 11.8 Å². The zero-order chi connectivity index (χ0) is 13.7. The highest BCUT2D eigenvalue weighted by atomic mass is 79.9. The van der Waals surface area contributed by atoms with E-state index in [4.69, 9.17) is 4.42 Å². The maximum atomic E-state index is 5.66. The number of halogens is 1. The van der Waals surface area contributed by atoms with Gasteiger partial charge in [0.15, 0.2) is 0 Å².